The molecule has 0 spiro atoms. The lowest BCUT2D eigenvalue weighted by molar-refractivity contribution is 0.0695. The van der Waals surface area contributed by atoms with Crippen LogP contribution in [0.1, 0.15) is 35.0 Å². The Morgan fingerprint density at radius 1 is 1.47 bits per heavy atom. The number of nitrogens with zero attached hydrogens (tertiary/aromatic N) is 1. The number of carboxylic acids is 1. The van der Waals surface area contributed by atoms with Crippen molar-refractivity contribution in [1.29, 1.82) is 0 Å². The van der Waals surface area contributed by atoms with Crippen LogP contribution in [0.25, 0.3) is 11.3 Å². The second-order valence-electron chi connectivity index (χ2n) is 4.37. The zero-order chi connectivity index (χ0) is 14.0. The summed E-state index contributed by atoms with van der Waals surface area (Å²) >= 11 is 3.44. The highest BCUT2D eigenvalue weighted by Crippen LogP contribution is 2.32. The summed E-state index contributed by atoms with van der Waals surface area (Å²) in [6, 6.07) is 5.69. The van der Waals surface area contributed by atoms with Crippen LogP contribution in [0, 0.1) is 6.92 Å². The zero-order valence-corrected chi connectivity index (χ0v) is 12.3. The molecule has 0 saturated carbocycles. The molecule has 0 fully saturated rings. The van der Waals surface area contributed by atoms with Crippen molar-refractivity contribution in [3.05, 3.63) is 39.6 Å². The van der Waals surface area contributed by atoms with E-state index >= 15 is 0 Å². The average molecular weight is 324 g/mol. The first kappa shape index (κ1) is 13.8. The van der Waals surface area contributed by atoms with Crippen LogP contribution in [0.4, 0.5) is 0 Å². The Morgan fingerprint density at radius 2 is 2.21 bits per heavy atom. The number of carbonyl (C=O) groups is 1. The fraction of sp³-hybridized carbons (Fsp3) is 0.286. The summed E-state index contributed by atoms with van der Waals surface area (Å²) in [6.45, 7) is 3.94. The smallest absolute Gasteiger partial charge is 0.341 e. The van der Waals surface area contributed by atoms with Gasteiger partial charge in [-0.15, -0.1) is 0 Å². The number of aryl methyl sites for hydroxylation is 2. The molecule has 0 atom stereocenters. The molecule has 0 unspecified atom stereocenters. The maximum atomic E-state index is 11.4. The highest BCUT2D eigenvalue weighted by molar-refractivity contribution is 9.10. The van der Waals surface area contributed by atoms with Crippen LogP contribution in [0.5, 0.6) is 0 Å². The summed E-state index contributed by atoms with van der Waals surface area (Å²) in [5, 5.41) is 13.3. The van der Waals surface area contributed by atoms with Crippen molar-refractivity contribution in [2.75, 3.05) is 0 Å². The summed E-state index contributed by atoms with van der Waals surface area (Å²) in [7, 11) is 0. The highest BCUT2D eigenvalue weighted by atomic mass is 79.9. The molecular weight excluding hydrogens is 310 g/mol. The van der Waals surface area contributed by atoms with Gasteiger partial charge in [0, 0.05) is 16.5 Å². The van der Waals surface area contributed by atoms with Gasteiger partial charge in [0.2, 0.25) is 0 Å². The highest BCUT2D eigenvalue weighted by Gasteiger charge is 2.24. The third-order valence-corrected chi connectivity index (χ3v) is 3.49. The standard InChI is InChI=1S/C14H14BrNO3/c1-3-4-11-12(14(17)18)13(16-19-11)9-6-5-8(2)7-10(9)15/h5-7H,3-4H2,1-2H3,(H,17,18). The molecule has 1 heterocycles. The molecule has 2 rings (SSSR count). The van der Waals surface area contributed by atoms with Gasteiger partial charge < -0.3 is 9.63 Å². The molecule has 0 bridgehead atoms. The number of aromatic nitrogens is 1. The first-order valence-corrected chi connectivity index (χ1v) is 6.82. The number of hydrogen-bond acceptors (Lipinski definition) is 3. The fourth-order valence-electron chi connectivity index (χ4n) is 1.94. The third-order valence-electron chi connectivity index (χ3n) is 2.83. The summed E-state index contributed by atoms with van der Waals surface area (Å²) in [4.78, 5) is 11.4. The number of halogens is 1. The predicted molar refractivity (Wildman–Crippen MR) is 75.3 cm³/mol. The first-order valence-electron chi connectivity index (χ1n) is 6.03. The molecule has 1 aromatic carbocycles. The molecular formula is C14H14BrNO3. The average Bonchev–Trinajstić information content (AvgIpc) is 2.73. The second kappa shape index (κ2) is 5.57. The van der Waals surface area contributed by atoms with Crippen molar-refractivity contribution in [2.45, 2.75) is 26.7 Å². The van der Waals surface area contributed by atoms with Gasteiger partial charge in [0.1, 0.15) is 11.3 Å². The van der Waals surface area contributed by atoms with E-state index in [4.69, 9.17) is 4.52 Å². The minimum Gasteiger partial charge on any atom is -0.477 e. The maximum absolute atomic E-state index is 11.4. The van der Waals surface area contributed by atoms with Gasteiger partial charge in [-0.1, -0.05) is 40.1 Å². The molecule has 0 radical (unpaired) electrons. The summed E-state index contributed by atoms with van der Waals surface area (Å²) in [5.74, 6) is -0.579. The van der Waals surface area contributed by atoms with Crippen LogP contribution >= 0.6 is 15.9 Å². The number of rotatable bonds is 4. The molecule has 0 saturated heterocycles. The fourth-order valence-corrected chi connectivity index (χ4v) is 2.62. The quantitative estimate of drug-likeness (QED) is 0.921. The predicted octanol–water partition coefficient (Wildman–Crippen LogP) is 4.06. The van der Waals surface area contributed by atoms with E-state index in [-0.39, 0.29) is 5.56 Å². The topological polar surface area (TPSA) is 63.3 Å². The van der Waals surface area contributed by atoms with Crippen molar-refractivity contribution >= 4 is 21.9 Å². The van der Waals surface area contributed by atoms with Crippen molar-refractivity contribution in [3.8, 4) is 11.3 Å². The lowest BCUT2D eigenvalue weighted by Crippen LogP contribution is -2.01. The van der Waals surface area contributed by atoms with Gasteiger partial charge in [0.25, 0.3) is 0 Å². The summed E-state index contributed by atoms with van der Waals surface area (Å²) < 4.78 is 6.00. The Kier molecular flexibility index (Phi) is 4.04. The van der Waals surface area contributed by atoms with Gasteiger partial charge in [0.05, 0.1) is 0 Å². The van der Waals surface area contributed by atoms with E-state index in [1.165, 1.54) is 0 Å². The first-order chi connectivity index (χ1) is 9.04. The number of aromatic carboxylic acids is 1. The van der Waals surface area contributed by atoms with Crippen LogP contribution in [0.15, 0.2) is 27.2 Å². The molecule has 0 aliphatic heterocycles. The molecule has 2 aromatic rings. The minimum absolute atomic E-state index is 0.159. The van der Waals surface area contributed by atoms with Gasteiger partial charge in [0.15, 0.2) is 5.76 Å². The molecule has 4 nitrogen and oxygen atoms in total. The van der Waals surface area contributed by atoms with E-state index in [1.807, 2.05) is 32.0 Å². The zero-order valence-electron chi connectivity index (χ0n) is 10.7. The van der Waals surface area contributed by atoms with E-state index in [1.54, 1.807) is 0 Å². The molecule has 0 aliphatic carbocycles. The molecule has 1 N–H and O–H groups in total. The minimum atomic E-state index is -1.01. The lowest BCUT2D eigenvalue weighted by atomic mass is 10.0. The summed E-state index contributed by atoms with van der Waals surface area (Å²) in [6.07, 6.45) is 1.38. The Balaban J connectivity index is 2.58. The van der Waals surface area contributed by atoms with E-state index in [0.717, 1.165) is 22.0 Å². The van der Waals surface area contributed by atoms with Gasteiger partial charge >= 0.3 is 5.97 Å². The Hall–Kier alpha value is -1.62. The molecule has 19 heavy (non-hydrogen) atoms. The molecule has 0 aliphatic rings. The largest absolute Gasteiger partial charge is 0.477 e. The monoisotopic (exact) mass is 323 g/mol. The maximum Gasteiger partial charge on any atom is 0.341 e. The second-order valence-corrected chi connectivity index (χ2v) is 5.22. The summed E-state index contributed by atoms with van der Waals surface area (Å²) in [5.41, 5.74) is 2.35. The number of hydrogen-bond donors (Lipinski definition) is 1. The van der Waals surface area contributed by atoms with Gasteiger partial charge in [-0.3, -0.25) is 0 Å². The number of benzene rings is 1. The van der Waals surface area contributed by atoms with Gasteiger partial charge in [-0.2, -0.15) is 0 Å². The molecule has 100 valence electrons. The van der Waals surface area contributed by atoms with E-state index in [0.29, 0.717) is 17.9 Å². The van der Waals surface area contributed by atoms with Crippen LogP contribution < -0.4 is 0 Å². The van der Waals surface area contributed by atoms with E-state index in [9.17, 15) is 9.90 Å². The van der Waals surface area contributed by atoms with Crippen LogP contribution in [0.3, 0.4) is 0 Å². The van der Waals surface area contributed by atoms with Crippen molar-refractivity contribution in [3.63, 3.8) is 0 Å². The van der Waals surface area contributed by atoms with E-state index in [2.05, 4.69) is 21.1 Å². The van der Waals surface area contributed by atoms with Gasteiger partial charge in [-0.25, -0.2) is 4.79 Å². The number of carboxylic acid groups (broad SMARTS) is 1. The van der Waals surface area contributed by atoms with Crippen molar-refractivity contribution in [2.24, 2.45) is 0 Å². The normalized spacial score (nSPS) is 10.7. The lowest BCUT2D eigenvalue weighted by Gasteiger charge is -2.03. The Morgan fingerprint density at radius 3 is 2.79 bits per heavy atom. The van der Waals surface area contributed by atoms with Crippen molar-refractivity contribution in [1.82, 2.24) is 5.16 Å². The SMILES string of the molecule is CCCc1onc(-c2ccc(C)cc2Br)c1C(=O)O. The van der Waals surface area contributed by atoms with Crippen LogP contribution in [-0.4, -0.2) is 16.2 Å². The van der Waals surface area contributed by atoms with E-state index < -0.39 is 5.97 Å². The molecule has 0 amide bonds. The van der Waals surface area contributed by atoms with Crippen molar-refractivity contribution < 1.29 is 14.4 Å². The Labute approximate surface area is 119 Å². The Bertz CT molecular complexity index is 619. The van der Waals surface area contributed by atoms with Crippen LogP contribution in [-0.2, 0) is 6.42 Å². The van der Waals surface area contributed by atoms with Gasteiger partial charge in [-0.05, 0) is 25.0 Å². The third kappa shape index (κ3) is 2.71. The van der Waals surface area contributed by atoms with Crippen LogP contribution in [0.2, 0.25) is 0 Å². The molecule has 5 heteroatoms. The molecule has 1 aromatic heterocycles.